The highest BCUT2D eigenvalue weighted by molar-refractivity contribution is 6.74. The molecule has 0 atom stereocenters. The van der Waals surface area contributed by atoms with Crippen molar-refractivity contribution in [2.75, 3.05) is 0 Å². The molecule has 1 saturated heterocycles. The van der Waals surface area contributed by atoms with Gasteiger partial charge in [-0.3, -0.25) is 0 Å². The van der Waals surface area contributed by atoms with E-state index < -0.39 is 0 Å². The van der Waals surface area contributed by atoms with Crippen LogP contribution in [0.1, 0.15) is 51.3 Å². The van der Waals surface area contributed by atoms with Gasteiger partial charge < -0.3 is 4.79 Å². The smallest absolute Gasteiger partial charge is 0.176 e. The lowest BCUT2D eigenvalue weighted by molar-refractivity contribution is -0.107. The lowest BCUT2D eigenvalue weighted by Gasteiger charge is -2.35. The van der Waals surface area contributed by atoms with E-state index in [1.54, 1.807) is 0 Å². The molecule has 2 heteroatoms. The molecule has 0 aliphatic carbocycles. The van der Waals surface area contributed by atoms with Crippen LogP contribution in [0.3, 0.4) is 0 Å². The van der Waals surface area contributed by atoms with E-state index in [0.717, 1.165) is 12.7 Å². The van der Waals surface area contributed by atoms with Crippen LogP contribution in [0.4, 0.5) is 0 Å². The molecule has 0 spiro atoms. The summed E-state index contributed by atoms with van der Waals surface area (Å²) in [7, 11) is 0. The van der Waals surface area contributed by atoms with Crippen LogP contribution < -0.4 is 5.46 Å². The number of aryl methyl sites for hydroxylation is 1. The highest BCUT2D eigenvalue weighted by Crippen LogP contribution is 2.52. The van der Waals surface area contributed by atoms with Crippen molar-refractivity contribution >= 4 is 18.5 Å². The van der Waals surface area contributed by atoms with E-state index in [-0.39, 0.29) is 0 Å². The zero-order chi connectivity index (χ0) is 15.8. The molecular weight excluding hydrogens is 255 g/mol. The normalized spacial score (nSPS) is 19.8. The van der Waals surface area contributed by atoms with Crippen molar-refractivity contribution in [1.29, 1.82) is 0 Å². The summed E-state index contributed by atoms with van der Waals surface area (Å²) in [6.45, 7) is 14.6. The van der Waals surface area contributed by atoms with Gasteiger partial charge in [0.2, 0.25) is 0 Å². The van der Waals surface area contributed by atoms with Gasteiger partial charge in [0.25, 0.3) is 0 Å². The molecule has 1 aliphatic heterocycles. The Morgan fingerprint density at radius 1 is 1.10 bits per heavy atom. The first-order valence-electron chi connectivity index (χ1n) is 8.28. The molecule has 0 amide bonds. The summed E-state index contributed by atoms with van der Waals surface area (Å²) in [6, 6.07) is 4.69. The Kier molecular flexibility index (Phi) is 4.37. The van der Waals surface area contributed by atoms with Gasteiger partial charge in [0.15, 0.2) is 6.71 Å². The van der Waals surface area contributed by atoms with Crippen molar-refractivity contribution < 1.29 is 4.79 Å². The molecule has 0 unspecified atom stereocenters. The van der Waals surface area contributed by atoms with Crippen LogP contribution in [0.2, 0.25) is 12.6 Å². The van der Waals surface area contributed by atoms with Crippen LogP contribution in [-0.4, -0.2) is 13.0 Å². The molecule has 1 aromatic rings. The number of benzene rings is 1. The van der Waals surface area contributed by atoms with E-state index in [1.807, 2.05) is 0 Å². The van der Waals surface area contributed by atoms with Crippen molar-refractivity contribution in [3.8, 4) is 0 Å². The fraction of sp³-hybridized carbons (Fsp3) is 0.632. The van der Waals surface area contributed by atoms with E-state index in [0.29, 0.717) is 24.0 Å². The van der Waals surface area contributed by atoms with Gasteiger partial charge in [0.05, 0.1) is 0 Å². The molecule has 0 radical (unpaired) electrons. The summed E-state index contributed by atoms with van der Waals surface area (Å²) in [5.74, 6) is 0. The number of hydrogen-bond donors (Lipinski definition) is 0. The second-order valence-corrected chi connectivity index (χ2v) is 8.06. The van der Waals surface area contributed by atoms with Gasteiger partial charge in [0.1, 0.15) is 6.29 Å². The average molecular weight is 284 g/mol. The van der Waals surface area contributed by atoms with Crippen LogP contribution in [0.5, 0.6) is 0 Å². The van der Waals surface area contributed by atoms with Gasteiger partial charge in [-0.25, -0.2) is 0 Å². The fourth-order valence-electron chi connectivity index (χ4n) is 3.86. The van der Waals surface area contributed by atoms with E-state index in [2.05, 4.69) is 53.7 Å². The predicted octanol–water partition coefficient (Wildman–Crippen LogP) is 4.07. The lowest BCUT2D eigenvalue weighted by atomic mass is 9.42. The average Bonchev–Trinajstić information content (AvgIpc) is 2.61. The Morgan fingerprint density at radius 3 is 2.10 bits per heavy atom. The molecular formula is C19H29BO. The van der Waals surface area contributed by atoms with Crippen LogP contribution in [0.25, 0.3) is 0 Å². The highest BCUT2D eigenvalue weighted by Gasteiger charge is 2.48. The van der Waals surface area contributed by atoms with E-state index in [4.69, 9.17) is 0 Å². The minimum Gasteiger partial charge on any atom is -0.303 e. The topological polar surface area (TPSA) is 17.1 Å². The van der Waals surface area contributed by atoms with Gasteiger partial charge in [-0.1, -0.05) is 64.9 Å². The molecule has 1 nitrogen and oxygen atoms in total. The second kappa shape index (κ2) is 5.63. The Hall–Kier alpha value is -1.05. The van der Waals surface area contributed by atoms with Gasteiger partial charge in [-0.05, 0) is 40.9 Å². The first-order chi connectivity index (χ1) is 9.71. The van der Waals surface area contributed by atoms with Crippen molar-refractivity contribution in [1.82, 2.24) is 0 Å². The van der Waals surface area contributed by atoms with Crippen molar-refractivity contribution in [3.05, 3.63) is 28.8 Å². The summed E-state index contributed by atoms with van der Waals surface area (Å²) < 4.78 is 0. The summed E-state index contributed by atoms with van der Waals surface area (Å²) >= 11 is 0. The molecule has 0 aromatic heterocycles. The second-order valence-electron chi connectivity index (χ2n) is 8.06. The maximum atomic E-state index is 11.0. The molecule has 0 saturated carbocycles. The molecule has 1 heterocycles. The Bertz CT molecular complexity index is 527. The number of carbonyl (C=O) groups excluding carboxylic acids is 1. The third-order valence-electron chi connectivity index (χ3n) is 6.15. The maximum Gasteiger partial charge on any atom is 0.176 e. The molecule has 1 fully saturated rings. The van der Waals surface area contributed by atoms with Crippen LogP contribution >= 0.6 is 0 Å². The number of aldehydes is 1. The summed E-state index contributed by atoms with van der Waals surface area (Å²) in [6.07, 6.45) is 5.12. The van der Waals surface area contributed by atoms with Crippen LogP contribution in [-0.2, 0) is 17.6 Å². The Balaban J connectivity index is 2.41. The lowest BCUT2D eigenvalue weighted by Crippen LogP contribution is -2.29. The summed E-state index contributed by atoms with van der Waals surface area (Å²) in [5, 5.41) is 0. The summed E-state index contributed by atoms with van der Waals surface area (Å²) in [4.78, 5) is 11.0. The molecule has 0 N–H and O–H groups in total. The van der Waals surface area contributed by atoms with Gasteiger partial charge in [-0.15, -0.1) is 0 Å². The minimum atomic E-state index is 0.375. The van der Waals surface area contributed by atoms with Gasteiger partial charge in [-0.2, -0.15) is 0 Å². The molecule has 114 valence electrons. The summed E-state index contributed by atoms with van der Waals surface area (Å²) in [5.41, 5.74) is 6.14. The largest absolute Gasteiger partial charge is 0.303 e. The predicted molar refractivity (Wildman–Crippen MR) is 92.9 cm³/mol. The molecule has 0 bridgehead atoms. The third kappa shape index (κ3) is 2.95. The molecule has 1 aromatic carbocycles. The Morgan fingerprint density at radius 2 is 1.62 bits per heavy atom. The van der Waals surface area contributed by atoms with Crippen LogP contribution in [0, 0.1) is 17.8 Å². The van der Waals surface area contributed by atoms with Crippen molar-refractivity contribution in [2.45, 2.75) is 67.0 Å². The molecule has 21 heavy (non-hydrogen) atoms. The number of rotatable bonds is 4. The minimum absolute atomic E-state index is 0.375. The van der Waals surface area contributed by atoms with E-state index in [1.165, 1.54) is 34.8 Å². The molecule has 1 aliphatic rings. The van der Waals surface area contributed by atoms with E-state index in [9.17, 15) is 4.79 Å². The van der Waals surface area contributed by atoms with Crippen LogP contribution in [0.15, 0.2) is 12.1 Å². The SMILES string of the molecule is CCc1cc(B2CC(C)(C)C(C)(C)C2)cc(CC=O)c1C. The highest BCUT2D eigenvalue weighted by atomic mass is 16.1. The number of carbonyl (C=O) groups is 1. The maximum absolute atomic E-state index is 11.0. The fourth-order valence-corrected chi connectivity index (χ4v) is 3.86. The molecule has 2 rings (SSSR count). The van der Waals surface area contributed by atoms with Gasteiger partial charge >= 0.3 is 0 Å². The Labute approximate surface area is 130 Å². The monoisotopic (exact) mass is 284 g/mol. The van der Waals surface area contributed by atoms with Crippen molar-refractivity contribution in [3.63, 3.8) is 0 Å². The zero-order valence-corrected chi connectivity index (χ0v) is 14.5. The number of hydrogen-bond acceptors (Lipinski definition) is 1. The quantitative estimate of drug-likeness (QED) is 0.602. The first-order valence-corrected chi connectivity index (χ1v) is 8.28. The van der Waals surface area contributed by atoms with Crippen molar-refractivity contribution in [2.24, 2.45) is 10.8 Å². The van der Waals surface area contributed by atoms with Gasteiger partial charge in [0, 0.05) is 6.42 Å². The standard InChI is InChI=1S/C19H29BO/c1-7-15-10-17(11-16(8-9-21)14(15)2)20-12-18(3,4)19(5,6)13-20/h9-11H,7-8,12-13H2,1-6H3. The third-order valence-corrected chi connectivity index (χ3v) is 6.15. The van der Waals surface area contributed by atoms with E-state index >= 15 is 0 Å². The zero-order valence-electron chi connectivity index (χ0n) is 14.5. The first kappa shape index (κ1) is 16.3.